The lowest BCUT2D eigenvalue weighted by atomic mass is 10.1. The molecule has 1 aliphatic heterocycles. The third-order valence-electron chi connectivity index (χ3n) is 3.36. The lowest BCUT2D eigenvalue weighted by Gasteiger charge is -2.27. The van der Waals surface area contributed by atoms with Crippen LogP contribution in [0.4, 0.5) is 5.69 Å². The van der Waals surface area contributed by atoms with E-state index in [4.69, 9.17) is 17.3 Å². The van der Waals surface area contributed by atoms with Crippen LogP contribution in [0.15, 0.2) is 6.07 Å². The van der Waals surface area contributed by atoms with Crippen LogP contribution in [0.25, 0.3) is 0 Å². The molecule has 0 amide bonds. The number of hydrogen-bond donors (Lipinski definition) is 1. The van der Waals surface area contributed by atoms with Crippen LogP contribution in [-0.4, -0.2) is 33.7 Å². The summed E-state index contributed by atoms with van der Waals surface area (Å²) in [5, 5.41) is 8.26. The van der Waals surface area contributed by atoms with E-state index in [0.29, 0.717) is 22.9 Å². The summed E-state index contributed by atoms with van der Waals surface area (Å²) < 4.78 is 0. The van der Waals surface area contributed by atoms with Crippen LogP contribution in [-0.2, 0) is 6.42 Å². The fourth-order valence-corrected chi connectivity index (χ4v) is 2.62. The molecule has 0 aromatic carbocycles. The number of likely N-dealkylation sites (tertiary alicyclic amines) is 1. The van der Waals surface area contributed by atoms with Gasteiger partial charge in [0.1, 0.15) is 0 Å². The van der Waals surface area contributed by atoms with Gasteiger partial charge in [-0.05, 0) is 39.3 Å². The minimum absolute atomic E-state index is 0.292. The molecular formula is C12H19ClN4. The van der Waals surface area contributed by atoms with Crippen LogP contribution >= 0.6 is 11.6 Å². The largest absolute Gasteiger partial charge is 0.396 e. The third-order valence-corrected chi connectivity index (χ3v) is 3.65. The molecule has 1 aromatic rings. The molecule has 0 aliphatic carbocycles. The Balaban J connectivity index is 2.07. The molecule has 0 bridgehead atoms. The summed E-state index contributed by atoms with van der Waals surface area (Å²) in [5.74, 6) is 0. The van der Waals surface area contributed by atoms with Gasteiger partial charge in [-0.3, -0.25) is 4.90 Å². The summed E-state index contributed by atoms with van der Waals surface area (Å²) in [6.07, 6.45) is 3.40. The van der Waals surface area contributed by atoms with Gasteiger partial charge in [-0.2, -0.15) is 5.10 Å². The lowest BCUT2D eigenvalue weighted by molar-refractivity contribution is 0.201. The zero-order valence-corrected chi connectivity index (χ0v) is 11.1. The fourth-order valence-electron chi connectivity index (χ4n) is 2.53. The van der Waals surface area contributed by atoms with E-state index in [1.54, 1.807) is 0 Å². The SMILES string of the molecule is CC(C)N1CCCC1Cc1cc(N)c(Cl)nn1. The molecule has 1 unspecified atom stereocenters. The van der Waals surface area contributed by atoms with Gasteiger partial charge in [0.15, 0.2) is 5.15 Å². The Morgan fingerprint density at radius 2 is 2.29 bits per heavy atom. The first-order valence-corrected chi connectivity index (χ1v) is 6.49. The second-order valence-electron chi connectivity index (χ2n) is 4.91. The standard InChI is InChI=1S/C12H19ClN4/c1-8(2)17-5-3-4-10(17)6-9-7-11(14)12(13)16-15-9/h7-8,10H,3-6H2,1-2H3,(H2,14,15). The van der Waals surface area contributed by atoms with Gasteiger partial charge in [-0.25, -0.2) is 0 Å². The number of nitrogens with zero attached hydrogens (tertiary/aromatic N) is 3. The molecule has 1 saturated heterocycles. The van der Waals surface area contributed by atoms with Crippen molar-refractivity contribution in [3.63, 3.8) is 0 Å². The zero-order chi connectivity index (χ0) is 12.4. The van der Waals surface area contributed by atoms with Crippen LogP contribution < -0.4 is 5.73 Å². The van der Waals surface area contributed by atoms with E-state index in [0.717, 1.165) is 12.1 Å². The number of nitrogen functional groups attached to an aromatic ring is 1. The highest BCUT2D eigenvalue weighted by molar-refractivity contribution is 6.31. The summed E-state index contributed by atoms with van der Waals surface area (Å²) in [5.41, 5.74) is 7.20. The van der Waals surface area contributed by atoms with Crippen molar-refractivity contribution < 1.29 is 0 Å². The van der Waals surface area contributed by atoms with Crippen LogP contribution in [0.3, 0.4) is 0 Å². The molecule has 94 valence electrons. The van der Waals surface area contributed by atoms with Crippen molar-refractivity contribution in [3.05, 3.63) is 16.9 Å². The van der Waals surface area contributed by atoms with Gasteiger partial charge in [-0.1, -0.05) is 11.6 Å². The second-order valence-corrected chi connectivity index (χ2v) is 5.27. The highest BCUT2D eigenvalue weighted by atomic mass is 35.5. The van der Waals surface area contributed by atoms with Crippen molar-refractivity contribution in [1.82, 2.24) is 15.1 Å². The van der Waals surface area contributed by atoms with Gasteiger partial charge in [0.2, 0.25) is 0 Å². The average Bonchev–Trinajstić information content (AvgIpc) is 2.72. The van der Waals surface area contributed by atoms with Crippen LogP contribution in [0.5, 0.6) is 0 Å². The second kappa shape index (κ2) is 5.19. The van der Waals surface area contributed by atoms with Crippen LogP contribution in [0.1, 0.15) is 32.4 Å². The predicted molar refractivity (Wildman–Crippen MR) is 70.0 cm³/mol. The zero-order valence-electron chi connectivity index (χ0n) is 10.4. The molecule has 1 atom stereocenters. The number of halogens is 1. The first-order valence-electron chi connectivity index (χ1n) is 6.11. The van der Waals surface area contributed by atoms with Crippen molar-refractivity contribution in [3.8, 4) is 0 Å². The number of nitrogens with two attached hydrogens (primary N) is 1. The maximum atomic E-state index is 5.77. The van der Waals surface area contributed by atoms with E-state index in [1.807, 2.05) is 6.07 Å². The molecule has 1 fully saturated rings. The summed E-state index contributed by atoms with van der Waals surface area (Å²) in [6, 6.07) is 2.98. The Kier molecular flexibility index (Phi) is 3.84. The van der Waals surface area contributed by atoms with E-state index in [2.05, 4.69) is 28.9 Å². The molecule has 4 nitrogen and oxygen atoms in total. The first-order chi connectivity index (χ1) is 8.08. The topological polar surface area (TPSA) is 55.0 Å². The maximum Gasteiger partial charge on any atom is 0.174 e. The summed E-state index contributed by atoms with van der Waals surface area (Å²) >= 11 is 5.77. The lowest BCUT2D eigenvalue weighted by Crippen LogP contribution is -2.36. The number of rotatable bonds is 3. The maximum absolute atomic E-state index is 5.77. The van der Waals surface area contributed by atoms with E-state index in [-0.39, 0.29) is 0 Å². The Labute approximate surface area is 107 Å². The predicted octanol–water partition coefficient (Wildman–Crippen LogP) is 2.13. The summed E-state index contributed by atoms with van der Waals surface area (Å²) in [7, 11) is 0. The van der Waals surface area contributed by atoms with Crippen LogP contribution in [0.2, 0.25) is 5.15 Å². The van der Waals surface area contributed by atoms with Gasteiger partial charge in [0.25, 0.3) is 0 Å². The molecule has 2 rings (SSSR count). The Morgan fingerprint density at radius 1 is 1.53 bits per heavy atom. The summed E-state index contributed by atoms with van der Waals surface area (Å²) in [6.45, 7) is 5.65. The van der Waals surface area contributed by atoms with Crippen LogP contribution in [0, 0.1) is 0 Å². The minimum atomic E-state index is 0.292. The van der Waals surface area contributed by atoms with Crippen molar-refractivity contribution >= 4 is 17.3 Å². The molecule has 17 heavy (non-hydrogen) atoms. The minimum Gasteiger partial charge on any atom is -0.396 e. The normalized spacial score (nSPS) is 21.3. The Hall–Kier alpha value is -0.870. The molecule has 5 heteroatoms. The molecule has 0 saturated carbocycles. The van der Waals surface area contributed by atoms with E-state index in [1.165, 1.54) is 19.4 Å². The number of anilines is 1. The van der Waals surface area contributed by atoms with E-state index < -0.39 is 0 Å². The number of aromatic nitrogens is 2. The van der Waals surface area contributed by atoms with Gasteiger partial charge in [-0.15, -0.1) is 5.10 Å². The van der Waals surface area contributed by atoms with Gasteiger partial charge in [0, 0.05) is 18.5 Å². The quantitative estimate of drug-likeness (QED) is 0.898. The van der Waals surface area contributed by atoms with Crippen molar-refractivity contribution in [2.24, 2.45) is 0 Å². The smallest absolute Gasteiger partial charge is 0.174 e. The Bertz CT molecular complexity index is 394. The van der Waals surface area contributed by atoms with Crippen molar-refractivity contribution in [1.29, 1.82) is 0 Å². The highest BCUT2D eigenvalue weighted by Gasteiger charge is 2.27. The molecule has 1 aliphatic rings. The van der Waals surface area contributed by atoms with E-state index in [9.17, 15) is 0 Å². The van der Waals surface area contributed by atoms with E-state index >= 15 is 0 Å². The highest BCUT2D eigenvalue weighted by Crippen LogP contribution is 2.24. The molecule has 0 spiro atoms. The molecule has 1 aromatic heterocycles. The molecule has 2 N–H and O–H groups in total. The number of hydrogen-bond acceptors (Lipinski definition) is 4. The fraction of sp³-hybridized carbons (Fsp3) is 0.667. The molecular weight excluding hydrogens is 236 g/mol. The van der Waals surface area contributed by atoms with Gasteiger partial charge >= 0.3 is 0 Å². The monoisotopic (exact) mass is 254 g/mol. The van der Waals surface area contributed by atoms with Crippen molar-refractivity contribution in [2.75, 3.05) is 12.3 Å². The van der Waals surface area contributed by atoms with Gasteiger partial charge in [0.05, 0.1) is 11.4 Å². The van der Waals surface area contributed by atoms with Crippen molar-refractivity contribution in [2.45, 2.75) is 45.2 Å². The molecule has 2 heterocycles. The summed E-state index contributed by atoms with van der Waals surface area (Å²) in [4.78, 5) is 2.52. The first kappa shape index (κ1) is 12.6. The molecule has 0 radical (unpaired) electrons. The third kappa shape index (κ3) is 2.87. The Morgan fingerprint density at radius 3 is 2.94 bits per heavy atom. The average molecular weight is 255 g/mol. The van der Waals surface area contributed by atoms with Gasteiger partial charge < -0.3 is 5.73 Å².